The van der Waals surface area contributed by atoms with Gasteiger partial charge in [0.1, 0.15) is 0 Å². The Labute approximate surface area is 126 Å². The maximum Gasteiger partial charge on any atom is 0.0948 e. The Hall–Kier alpha value is -0.950. The summed E-state index contributed by atoms with van der Waals surface area (Å²) in [5.41, 5.74) is 7.47. The molecule has 2 atom stereocenters. The van der Waals surface area contributed by atoms with Crippen molar-refractivity contribution in [2.45, 2.75) is 31.8 Å². The summed E-state index contributed by atoms with van der Waals surface area (Å²) < 4.78 is 18.0. The summed E-state index contributed by atoms with van der Waals surface area (Å²) in [5, 5.41) is 0. The molecule has 0 bridgehead atoms. The number of hydrogen-bond donors (Lipinski definition) is 1. The monoisotopic (exact) mass is 297 g/mol. The van der Waals surface area contributed by atoms with Crippen LogP contribution in [0.25, 0.3) is 0 Å². The molecule has 0 amide bonds. The number of methoxy groups -OCH3 is 1. The molecule has 0 aromatic carbocycles. The number of nitrogens with zero attached hydrogens (tertiary/aromatic N) is 2. The zero-order chi connectivity index (χ0) is 14.9. The van der Waals surface area contributed by atoms with Crippen LogP contribution in [0.3, 0.4) is 0 Å². The second-order valence-electron chi connectivity index (χ2n) is 5.47. The van der Waals surface area contributed by atoms with Crippen molar-refractivity contribution in [3.8, 4) is 0 Å². The minimum absolute atomic E-state index is 0.0213. The van der Waals surface area contributed by atoms with Crippen LogP contribution in [-0.4, -0.2) is 49.7 Å². The fourth-order valence-electron chi connectivity index (χ4n) is 2.60. The van der Waals surface area contributed by atoms with Crippen LogP contribution in [0.1, 0.15) is 31.0 Å². The fraction of sp³-hybridized carbons (Fsp3) is 0.800. The lowest BCUT2D eigenvalue weighted by molar-refractivity contribution is 0.0684. The summed E-state index contributed by atoms with van der Waals surface area (Å²) >= 11 is 0. The van der Waals surface area contributed by atoms with Crippen LogP contribution in [0.5, 0.6) is 0 Å². The lowest BCUT2D eigenvalue weighted by Crippen LogP contribution is -2.24. The third kappa shape index (κ3) is 5.07. The normalized spacial score (nSPS) is 20.0. The zero-order valence-corrected chi connectivity index (χ0v) is 12.9. The van der Waals surface area contributed by atoms with Crippen LogP contribution in [0, 0.1) is 5.92 Å². The third-order valence-corrected chi connectivity index (χ3v) is 3.93. The molecule has 2 rings (SSSR count). The molecule has 1 aliphatic heterocycles. The van der Waals surface area contributed by atoms with E-state index in [1.54, 1.807) is 7.11 Å². The number of hydrogen-bond acceptors (Lipinski definition) is 5. The van der Waals surface area contributed by atoms with E-state index in [1.165, 1.54) is 0 Å². The van der Waals surface area contributed by atoms with Gasteiger partial charge >= 0.3 is 0 Å². The standard InChI is InChI=1S/C15H27N3O3/c1-19-8-9-20-6-3-2-5-18-12-17-10-14(18)15(16)13-4-7-21-11-13/h10,12-13,15H,2-9,11,16H2,1H3. The molecule has 120 valence electrons. The average molecular weight is 297 g/mol. The topological polar surface area (TPSA) is 71.5 Å². The van der Waals surface area contributed by atoms with E-state index in [9.17, 15) is 0 Å². The highest BCUT2D eigenvalue weighted by Crippen LogP contribution is 2.26. The minimum atomic E-state index is 0.0213. The van der Waals surface area contributed by atoms with E-state index >= 15 is 0 Å². The number of imidazole rings is 1. The van der Waals surface area contributed by atoms with Crippen molar-refractivity contribution in [1.82, 2.24) is 9.55 Å². The molecule has 1 aromatic rings. The van der Waals surface area contributed by atoms with Crippen molar-refractivity contribution in [2.75, 3.05) is 40.1 Å². The maximum absolute atomic E-state index is 6.35. The van der Waals surface area contributed by atoms with Crippen LogP contribution in [-0.2, 0) is 20.8 Å². The maximum atomic E-state index is 6.35. The Bertz CT molecular complexity index is 391. The Kier molecular flexibility index (Phi) is 7.15. The van der Waals surface area contributed by atoms with Gasteiger partial charge in [-0.3, -0.25) is 0 Å². The lowest BCUT2D eigenvalue weighted by atomic mass is 9.97. The van der Waals surface area contributed by atoms with Gasteiger partial charge in [0.15, 0.2) is 0 Å². The molecule has 0 saturated carbocycles. The van der Waals surface area contributed by atoms with E-state index in [2.05, 4.69) is 9.55 Å². The van der Waals surface area contributed by atoms with Gasteiger partial charge in [0.2, 0.25) is 0 Å². The summed E-state index contributed by atoms with van der Waals surface area (Å²) in [6, 6.07) is 0.0213. The molecule has 1 aromatic heterocycles. The van der Waals surface area contributed by atoms with Crippen LogP contribution >= 0.6 is 0 Å². The molecule has 0 spiro atoms. The molecule has 2 heterocycles. The molecule has 21 heavy (non-hydrogen) atoms. The van der Waals surface area contributed by atoms with Gasteiger partial charge in [-0.15, -0.1) is 0 Å². The van der Waals surface area contributed by atoms with E-state index in [0.717, 1.165) is 51.3 Å². The first-order valence-corrected chi connectivity index (χ1v) is 7.73. The molecule has 0 aliphatic carbocycles. The van der Waals surface area contributed by atoms with Crippen LogP contribution < -0.4 is 5.73 Å². The van der Waals surface area contributed by atoms with E-state index in [4.69, 9.17) is 19.9 Å². The highest BCUT2D eigenvalue weighted by atomic mass is 16.5. The first-order valence-electron chi connectivity index (χ1n) is 7.73. The molecular formula is C15H27N3O3. The van der Waals surface area contributed by atoms with Gasteiger partial charge in [0.25, 0.3) is 0 Å². The Morgan fingerprint density at radius 1 is 1.43 bits per heavy atom. The zero-order valence-electron chi connectivity index (χ0n) is 12.9. The van der Waals surface area contributed by atoms with Crippen molar-refractivity contribution in [1.29, 1.82) is 0 Å². The predicted molar refractivity (Wildman–Crippen MR) is 80.0 cm³/mol. The molecule has 6 nitrogen and oxygen atoms in total. The van der Waals surface area contributed by atoms with E-state index in [0.29, 0.717) is 19.1 Å². The minimum Gasteiger partial charge on any atom is -0.382 e. The predicted octanol–water partition coefficient (Wildman–Crippen LogP) is 1.36. The number of rotatable bonds is 10. The molecule has 2 N–H and O–H groups in total. The molecule has 6 heteroatoms. The summed E-state index contributed by atoms with van der Waals surface area (Å²) in [5.74, 6) is 0.415. The van der Waals surface area contributed by atoms with Crippen LogP contribution in [0.4, 0.5) is 0 Å². The highest BCUT2D eigenvalue weighted by molar-refractivity contribution is 5.07. The van der Waals surface area contributed by atoms with Crippen LogP contribution in [0.2, 0.25) is 0 Å². The summed E-state index contributed by atoms with van der Waals surface area (Å²) in [4.78, 5) is 4.25. The molecule has 0 radical (unpaired) electrons. The Morgan fingerprint density at radius 2 is 2.33 bits per heavy atom. The van der Waals surface area contributed by atoms with Gasteiger partial charge in [-0.25, -0.2) is 4.98 Å². The van der Waals surface area contributed by atoms with Crippen molar-refractivity contribution >= 4 is 0 Å². The summed E-state index contributed by atoms with van der Waals surface area (Å²) in [6.45, 7) is 4.62. The first-order chi connectivity index (χ1) is 10.3. The number of unbranched alkanes of at least 4 members (excludes halogenated alkanes) is 1. The second kappa shape index (κ2) is 9.15. The fourth-order valence-corrected chi connectivity index (χ4v) is 2.60. The number of aryl methyl sites for hydroxylation is 1. The molecule has 2 unspecified atom stereocenters. The smallest absolute Gasteiger partial charge is 0.0948 e. The third-order valence-electron chi connectivity index (χ3n) is 3.93. The van der Waals surface area contributed by atoms with E-state index in [1.807, 2.05) is 12.5 Å². The summed E-state index contributed by atoms with van der Waals surface area (Å²) in [7, 11) is 1.68. The molecular weight excluding hydrogens is 270 g/mol. The van der Waals surface area contributed by atoms with Crippen molar-refractivity contribution in [3.05, 3.63) is 18.2 Å². The largest absolute Gasteiger partial charge is 0.382 e. The van der Waals surface area contributed by atoms with Crippen molar-refractivity contribution in [2.24, 2.45) is 11.7 Å². The Balaban J connectivity index is 1.70. The van der Waals surface area contributed by atoms with E-state index in [-0.39, 0.29) is 6.04 Å². The number of aromatic nitrogens is 2. The SMILES string of the molecule is COCCOCCCCn1cncc1C(N)C1CCOC1. The van der Waals surface area contributed by atoms with Gasteiger partial charge in [0.05, 0.1) is 37.9 Å². The Morgan fingerprint density at radius 3 is 3.10 bits per heavy atom. The molecule has 1 aliphatic rings. The first kappa shape index (κ1) is 16.4. The van der Waals surface area contributed by atoms with Gasteiger partial charge in [-0.1, -0.05) is 0 Å². The summed E-state index contributed by atoms with van der Waals surface area (Å²) in [6.07, 6.45) is 6.89. The van der Waals surface area contributed by atoms with E-state index < -0.39 is 0 Å². The average Bonchev–Trinajstić information content (AvgIpc) is 3.17. The molecule has 1 fully saturated rings. The number of ether oxygens (including phenoxy) is 3. The quantitative estimate of drug-likeness (QED) is 0.660. The van der Waals surface area contributed by atoms with Gasteiger partial charge < -0.3 is 24.5 Å². The molecule has 1 saturated heterocycles. The van der Waals surface area contributed by atoms with Crippen molar-refractivity contribution in [3.63, 3.8) is 0 Å². The highest BCUT2D eigenvalue weighted by Gasteiger charge is 2.26. The van der Waals surface area contributed by atoms with Crippen LogP contribution in [0.15, 0.2) is 12.5 Å². The van der Waals surface area contributed by atoms with Gasteiger partial charge in [-0.2, -0.15) is 0 Å². The number of nitrogens with two attached hydrogens (primary N) is 1. The van der Waals surface area contributed by atoms with Gasteiger partial charge in [0, 0.05) is 39.0 Å². The van der Waals surface area contributed by atoms with Gasteiger partial charge in [-0.05, 0) is 19.3 Å². The second-order valence-corrected chi connectivity index (χ2v) is 5.47. The lowest BCUT2D eigenvalue weighted by Gasteiger charge is -2.19. The van der Waals surface area contributed by atoms with Crippen molar-refractivity contribution < 1.29 is 14.2 Å².